The molecule has 22 heavy (non-hydrogen) atoms. The smallest absolute Gasteiger partial charge is 0.132 e. The van der Waals surface area contributed by atoms with E-state index in [-0.39, 0.29) is 12.4 Å². The summed E-state index contributed by atoms with van der Waals surface area (Å²) in [7, 11) is 0. The van der Waals surface area contributed by atoms with E-state index < -0.39 is 0 Å². The van der Waals surface area contributed by atoms with Crippen LogP contribution < -0.4 is 5.73 Å². The third-order valence-corrected chi connectivity index (χ3v) is 3.80. The average Bonchev–Trinajstić information content (AvgIpc) is 2.94. The Labute approximate surface area is 128 Å². The van der Waals surface area contributed by atoms with Crippen molar-refractivity contribution in [2.24, 2.45) is 5.73 Å². The number of halogens is 1. The number of rotatable bonds is 3. The zero-order valence-corrected chi connectivity index (χ0v) is 12.5. The molecule has 0 saturated carbocycles. The summed E-state index contributed by atoms with van der Waals surface area (Å²) in [6, 6.07) is 12.6. The minimum Gasteiger partial charge on any atom is -0.325 e. The highest BCUT2D eigenvalue weighted by Gasteiger charge is 2.18. The fourth-order valence-electron chi connectivity index (χ4n) is 2.41. The molecule has 0 aliphatic rings. The van der Waals surface area contributed by atoms with E-state index in [0.717, 1.165) is 11.3 Å². The quantitative estimate of drug-likeness (QED) is 0.807. The van der Waals surface area contributed by atoms with Gasteiger partial charge in [-0.15, -0.1) is 5.10 Å². The van der Waals surface area contributed by atoms with E-state index in [1.54, 1.807) is 22.9 Å². The molecule has 2 N–H and O–H groups in total. The van der Waals surface area contributed by atoms with E-state index in [9.17, 15) is 4.39 Å². The Morgan fingerprint density at radius 1 is 1.09 bits per heavy atom. The van der Waals surface area contributed by atoms with Gasteiger partial charge in [-0.1, -0.05) is 23.4 Å². The molecule has 1 aromatic heterocycles. The molecule has 0 unspecified atom stereocenters. The second-order valence-electron chi connectivity index (χ2n) is 5.25. The Kier molecular flexibility index (Phi) is 3.73. The van der Waals surface area contributed by atoms with Crippen molar-refractivity contribution in [3.05, 3.63) is 65.1 Å². The predicted molar refractivity (Wildman–Crippen MR) is 84.1 cm³/mol. The van der Waals surface area contributed by atoms with Gasteiger partial charge in [0.1, 0.15) is 17.2 Å². The summed E-state index contributed by atoms with van der Waals surface area (Å²) in [6.45, 7) is 4.28. The van der Waals surface area contributed by atoms with Crippen LogP contribution in [0.5, 0.6) is 0 Å². The molecular formula is C17H17FN4. The predicted octanol–water partition coefficient (Wildman–Crippen LogP) is 3.15. The Bertz CT molecular complexity index is 823. The Morgan fingerprint density at radius 2 is 1.86 bits per heavy atom. The van der Waals surface area contributed by atoms with Crippen LogP contribution in [-0.4, -0.2) is 15.0 Å². The van der Waals surface area contributed by atoms with Gasteiger partial charge >= 0.3 is 0 Å². The largest absolute Gasteiger partial charge is 0.325 e. The molecule has 3 rings (SSSR count). The van der Waals surface area contributed by atoms with Crippen LogP contribution in [-0.2, 0) is 6.54 Å². The van der Waals surface area contributed by atoms with Gasteiger partial charge in [0.25, 0.3) is 0 Å². The van der Waals surface area contributed by atoms with Gasteiger partial charge in [0.15, 0.2) is 0 Å². The summed E-state index contributed by atoms with van der Waals surface area (Å²) in [5.74, 6) is -0.315. The Morgan fingerprint density at radius 3 is 2.55 bits per heavy atom. The number of hydrogen-bond donors (Lipinski definition) is 1. The highest BCUT2D eigenvalue weighted by Crippen LogP contribution is 2.28. The van der Waals surface area contributed by atoms with Gasteiger partial charge in [0.2, 0.25) is 0 Å². The first-order valence-electron chi connectivity index (χ1n) is 7.09. The molecular weight excluding hydrogens is 279 g/mol. The number of aryl methyl sites for hydroxylation is 2. The molecule has 0 amide bonds. The first kappa shape index (κ1) is 14.4. The van der Waals surface area contributed by atoms with Gasteiger partial charge in [-0.3, -0.25) is 0 Å². The first-order chi connectivity index (χ1) is 10.6. The minimum atomic E-state index is -0.315. The molecule has 0 radical (unpaired) electrons. The van der Waals surface area contributed by atoms with Crippen LogP contribution in [0.3, 0.4) is 0 Å². The maximum atomic E-state index is 14.2. The molecule has 2 aromatic carbocycles. The van der Waals surface area contributed by atoms with E-state index in [2.05, 4.69) is 10.3 Å². The van der Waals surface area contributed by atoms with Gasteiger partial charge in [-0.2, -0.15) is 0 Å². The van der Waals surface area contributed by atoms with Gasteiger partial charge in [0.05, 0.1) is 5.69 Å². The van der Waals surface area contributed by atoms with Crippen molar-refractivity contribution < 1.29 is 4.39 Å². The lowest BCUT2D eigenvalue weighted by Gasteiger charge is -2.10. The van der Waals surface area contributed by atoms with Crippen LogP contribution in [0, 0.1) is 19.7 Å². The second kappa shape index (κ2) is 5.69. The molecule has 0 saturated heterocycles. The fraction of sp³-hybridized carbons (Fsp3) is 0.176. The number of aromatic nitrogens is 3. The third-order valence-electron chi connectivity index (χ3n) is 3.80. The molecule has 112 valence electrons. The average molecular weight is 296 g/mol. The summed E-state index contributed by atoms with van der Waals surface area (Å²) >= 11 is 0. The number of nitrogens with two attached hydrogens (primary N) is 1. The highest BCUT2D eigenvalue weighted by atomic mass is 19.1. The normalized spacial score (nSPS) is 10.9. The molecule has 0 atom stereocenters. The number of benzene rings is 2. The van der Waals surface area contributed by atoms with E-state index in [0.29, 0.717) is 17.0 Å². The maximum absolute atomic E-state index is 14.2. The second-order valence-corrected chi connectivity index (χ2v) is 5.25. The van der Waals surface area contributed by atoms with Gasteiger partial charge in [0, 0.05) is 12.1 Å². The lowest BCUT2D eigenvalue weighted by Crippen LogP contribution is -2.04. The third kappa shape index (κ3) is 2.40. The SMILES string of the molecule is Cc1ccc(-n2nnc(CN)c2-c2ccccc2F)cc1C. The van der Waals surface area contributed by atoms with Crippen LogP contribution in [0.4, 0.5) is 4.39 Å². The summed E-state index contributed by atoms with van der Waals surface area (Å²) in [5, 5.41) is 8.27. The Hall–Kier alpha value is -2.53. The monoisotopic (exact) mass is 296 g/mol. The first-order valence-corrected chi connectivity index (χ1v) is 7.09. The molecule has 5 heteroatoms. The number of nitrogens with zero attached hydrogens (tertiary/aromatic N) is 3. The van der Waals surface area contributed by atoms with Crippen molar-refractivity contribution in [2.75, 3.05) is 0 Å². The minimum absolute atomic E-state index is 0.203. The van der Waals surface area contributed by atoms with Crippen LogP contribution >= 0.6 is 0 Å². The molecule has 0 aliphatic heterocycles. The van der Waals surface area contributed by atoms with E-state index in [1.807, 2.05) is 32.0 Å². The van der Waals surface area contributed by atoms with E-state index in [4.69, 9.17) is 5.73 Å². The van der Waals surface area contributed by atoms with Crippen LogP contribution in [0.1, 0.15) is 16.8 Å². The summed E-state index contributed by atoms with van der Waals surface area (Å²) in [4.78, 5) is 0. The van der Waals surface area contributed by atoms with Crippen LogP contribution in [0.15, 0.2) is 42.5 Å². The standard InChI is InChI=1S/C17H17FN4/c1-11-7-8-13(9-12(11)2)22-17(16(10-19)20-21-22)14-5-3-4-6-15(14)18/h3-9H,10,19H2,1-2H3. The summed E-state index contributed by atoms with van der Waals surface area (Å²) in [5.41, 5.74) is 10.5. The topological polar surface area (TPSA) is 56.7 Å². The molecule has 4 nitrogen and oxygen atoms in total. The van der Waals surface area contributed by atoms with Crippen molar-refractivity contribution in [3.8, 4) is 16.9 Å². The molecule has 0 bridgehead atoms. The van der Waals surface area contributed by atoms with E-state index >= 15 is 0 Å². The van der Waals surface area contributed by atoms with Crippen molar-refractivity contribution in [2.45, 2.75) is 20.4 Å². The highest BCUT2D eigenvalue weighted by molar-refractivity contribution is 5.65. The van der Waals surface area contributed by atoms with Gasteiger partial charge in [-0.25, -0.2) is 9.07 Å². The molecule has 0 aliphatic carbocycles. The zero-order chi connectivity index (χ0) is 15.7. The van der Waals surface area contributed by atoms with Crippen molar-refractivity contribution in [1.82, 2.24) is 15.0 Å². The summed E-state index contributed by atoms with van der Waals surface area (Å²) in [6.07, 6.45) is 0. The molecule has 0 fully saturated rings. The Balaban J connectivity index is 2.24. The van der Waals surface area contributed by atoms with Crippen molar-refractivity contribution >= 4 is 0 Å². The number of hydrogen-bond acceptors (Lipinski definition) is 3. The molecule has 1 heterocycles. The van der Waals surface area contributed by atoms with Crippen molar-refractivity contribution in [1.29, 1.82) is 0 Å². The van der Waals surface area contributed by atoms with Crippen LogP contribution in [0.25, 0.3) is 16.9 Å². The summed E-state index contributed by atoms with van der Waals surface area (Å²) < 4.78 is 15.8. The zero-order valence-electron chi connectivity index (χ0n) is 12.5. The molecule has 0 spiro atoms. The van der Waals surface area contributed by atoms with Gasteiger partial charge in [-0.05, 0) is 49.2 Å². The van der Waals surface area contributed by atoms with Crippen molar-refractivity contribution in [3.63, 3.8) is 0 Å². The lowest BCUT2D eigenvalue weighted by atomic mass is 10.1. The van der Waals surface area contributed by atoms with E-state index in [1.165, 1.54) is 11.6 Å². The van der Waals surface area contributed by atoms with Crippen LogP contribution in [0.2, 0.25) is 0 Å². The van der Waals surface area contributed by atoms with Gasteiger partial charge < -0.3 is 5.73 Å². The fourth-order valence-corrected chi connectivity index (χ4v) is 2.41. The maximum Gasteiger partial charge on any atom is 0.132 e. The lowest BCUT2D eigenvalue weighted by molar-refractivity contribution is 0.629. The molecule has 3 aromatic rings.